The summed E-state index contributed by atoms with van der Waals surface area (Å²) in [7, 11) is 0. The monoisotopic (exact) mass is 656 g/mol. The predicted octanol–water partition coefficient (Wildman–Crippen LogP) is 11.0. The van der Waals surface area contributed by atoms with Crippen LogP contribution in [0.2, 0.25) is 0 Å². The third-order valence-electron chi connectivity index (χ3n) is 11.1. The number of hydrogen-bond donors (Lipinski definition) is 1. The Labute approximate surface area is 297 Å². The van der Waals surface area contributed by atoms with Crippen molar-refractivity contribution in [2.75, 3.05) is 0 Å². The largest absolute Gasteiger partial charge is 0.344 e. The fourth-order valence-corrected chi connectivity index (χ4v) is 8.50. The van der Waals surface area contributed by atoms with E-state index in [-0.39, 0.29) is 17.5 Å². The zero-order chi connectivity index (χ0) is 33.9. The molecule has 0 radical (unpaired) electrons. The van der Waals surface area contributed by atoms with Gasteiger partial charge in [0.05, 0.1) is 5.52 Å². The highest BCUT2D eigenvalue weighted by molar-refractivity contribution is 6.15. The van der Waals surface area contributed by atoms with Crippen molar-refractivity contribution in [2.24, 2.45) is 21.3 Å². The molecule has 4 heteroatoms. The summed E-state index contributed by atoms with van der Waals surface area (Å²) >= 11 is 0. The van der Waals surface area contributed by atoms with Crippen molar-refractivity contribution in [1.82, 2.24) is 10.3 Å². The Morgan fingerprint density at radius 3 is 2.39 bits per heavy atom. The first-order chi connectivity index (χ1) is 25.1. The minimum absolute atomic E-state index is 0.145. The van der Waals surface area contributed by atoms with E-state index in [4.69, 9.17) is 15.0 Å². The van der Waals surface area contributed by atoms with E-state index < -0.39 is 0 Å². The number of fused-ring (bicyclic) bond motifs is 6. The Kier molecular flexibility index (Phi) is 6.85. The van der Waals surface area contributed by atoms with Gasteiger partial charge in [-0.25, -0.2) is 9.98 Å². The topological polar surface area (TPSA) is 49.6 Å². The van der Waals surface area contributed by atoms with E-state index in [1.807, 2.05) is 18.3 Å². The van der Waals surface area contributed by atoms with Crippen molar-refractivity contribution < 1.29 is 0 Å². The van der Waals surface area contributed by atoms with Crippen LogP contribution in [-0.2, 0) is 0 Å². The van der Waals surface area contributed by atoms with Gasteiger partial charge in [0, 0.05) is 45.2 Å². The van der Waals surface area contributed by atoms with Crippen LogP contribution in [0.1, 0.15) is 37.1 Å². The highest BCUT2D eigenvalue weighted by Gasteiger charge is 2.43. The number of benzene rings is 5. The van der Waals surface area contributed by atoms with E-state index in [2.05, 4.69) is 152 Å². The summed E-state index contributed by atoms with van der Waals surface area (Å²) in [4.78, 5) is 15.5. The smallest absolute Gasteiger partial charge is 0.159 e. The molecule has 51 heavy (non-hydrogen) atoms. The maximum Gasteiger partial charge on any atom is 0.159 e. The van der Waals surface area contributed by atoms with Gasteiger partial charge in [-0.05, 0) is 69.3 Å². The summed E-state index contributed by atoms with van der Waals surface area (Å²) in [6, 6.07) is 38.8. The summed E-state index contributed by atoms with van der Waals surface area (Å²) < 4.78 is 0. The molecule has 0 saturated carbocycles. The molecule has 3 unspecified atom stereocenters. The Bertz CT molecular complexity index is 2630. The highest BCUT2D eigenvalue weighted by Crippen LogP contribution is 2.51. The Morgan fingerprint density at radius 1 is 0.745 bits per heavy atom. The van der Waals surface area contributed by atoms with Crippen molar-refractivity contribution >= 4 is 44.1 Å². The van der Waals surface area contributed by atoms with E-state index in [0.717, 1.165) is 57.7 Å². The molecule has 5 aromatic carbocycles. The SMILES string of the molecule is CC12C=CC=CC1C(C1=NC(c3ccc(-c4cnc5ccccc5c4)cc3)=NC(c3cc4ccccc4c4ccccc34)N1)=CC1=C2C=CCC1. The maximum absolute atomic E-state index is 5.39. The maximum atomic E-state index is 5.39. The van der Waals surface area contributed by atoms with E-state index in [1.54, 1.807) is 0 Å². The van der Waals surface area contributed by atoms with E-state index in [1.165, 1.54) is 38.3 Å². The van der Waals surface area contributed by atoms with Crippen molar-refractivity contribution in [3.05, 3.63) is 186 Å². The standard InChI is InChI=1S/C47H36N4/c1-47-25-11-10-19-42(47)40(28-33-13-3-8-18-41(33)47)46-50-44(31-23-21-30(22-24-31)35-26-34-14-4-9-20-43(34)48-29-35)49-45(51-46)39-27-32-12-2-5-15-36(32)37-16-6-7-17-38(37)39/h2,4-12,14-29,42,45H,3,13H2,1H3,(H,49,50,51). The van der Waals surface area contributed by atoms with Gasteiger partial charge in [-0.2, -0.15) is 0 Å². The zero-order valence-electron chi connectivity index (χ0n) is 28.4. The number of hydrogen-bond acceptors (Lipinski definition) is 4. The average molecular weight is 657 g/mol. The number of nitrogens with zero attached hydrogens (tertiary/aromatic N) is 3. The van der Waals surface area contributed by atoms with Gasteiger partial charge in [0.2, 0.25) is 0 Å². The second-order valence-electron chi connectivity index (χ2n) is 14.2. The number of para-hydroxylation sites is 1. The van der Waals surface area contributed by atoms with Gasteiger partial charge in [-0.15, -0.1) is 0 Å². The number of allylic oxidation sites excluding steroid dienone is 9. The minimum atomic E-state index is -0.330. The summed E-state index contributed by atoms with van der Waals surface area (Å²) in [5.74, 6) is 1.77. The quantitative estimate of drug-likeness (QED) is 0.192. The summed E-state index contributed by atoms with van der Waals surface area (Å²) in [6.07, 6.45) is 19.9. The number of aliphatic imine (C=N–C) groups is 2. The van der Waals surface area contributed by atoms with Gasteiger partial charge in [0.25, 0.3) is 0 Å². The van der Waals surface area contributed by atoms with Gasteiger partial charge >= 0.3 is 0 Å². The van der Waals surface area contributed by atoms with E-state index in [9.17, 15) is 0 Å². The molecule has 0 spiro atoms. The minimum Gasteiger partial charge on any atom is -0.344 e. The summed E-state index contributed by atoms with van der Waals surface area (Å²) in [6.45, 7) is 2.38. The molecular weight excluding hydrogens is 621 g/mol. The molecule has 4 nitrogen and oxygen atoms in total. The molecule has 244 valence electrons. The predicted molar refractivity (Wildman–Crippen MR) is 212 cm³/mol. The average Bonchev–Trinajstić information content (AvgIpc) is 3.20. The van der Waals surface area contributed by atoms with Crippen molar-refractivity contribution in [3.8, 4) is 11.1 Å². The first-order valence-corrected chi connectivity index (χ1v) is 17.9. The lowest BCUT2D eigenvalue weighted by molar-refractivity contribution is 0.412. The molecule has 0 bridgehead atoms. The van der Waals surface area contributed by atoms with Crippen LogP contribution >= 0.6 is 0 Å². The van der Waals surface area contributed by atoms with Crippen LogP contribution in [0.25, 0.3) is 43.6 Å². The Morgan fingerprint density at radius 2 is 1.51 bits per heavy atom. The van der Waals surface area contributed by atoms with Gasteiger partial charge in [0.1, 0.15) is 12.0 Å². The molecule has 4 aliphatic rings. The fraction of sp³-hybridized carbons (Fsp3) is 0.128. The molecule has 10 rings (SSSR count). The molecule has 0 saturated heterocycles. The van der Waals surface area contributed by atoms with Crippen molar-refractivity contribution in [2.45, 2.75) is 25.9 Å². The number of pyridine rings is 1. The van der Waals surface area contributed by atoms with Crippen LogP contribution in [0.4, 0.5) is 0 Å². The van der Waals surface area contributed by atoms with Gasteiger partial charge in [0.15, 0.2) is 5.84 Å². The third kappa shape index (κ3) is 4.93. The molecule has 1 aliphatic heterocycles. The highest BCUT2D eigenvalue weighted by atomic mass is 15.2. The van der Waals surface area contributed by atoms with Crippen LogP contribution < -0.4 is 5.32 Å². The van der Waals surface area contributed by atoms with Crippen LogP contribution in [0.5, 0.6) is 0 Å². The second-order valence-corrected chi connectivity index (χ2v) is 14.2. The van der Waals surface area contributed by atoms with Crippen molar-refractivity contribution in [3.63, 3.8) is 0 Å². The van der Waals surface area contributed by atoms with E-state index in [0.29, 0.717) is 0 Å². The molecule has 1 N–H and O–H groups in total. The Hall–Kier alpha value is -6.13. The Balaban J connectivity index is 1.13. The molecule has 3 atom stereocenters. The van der Waals surface area contributed by atoms with Gasteiger partial charge in [-0.3, -0.25) is 4.98 Å². The number of aromatic nitrogens is 1. The van der Waals surface area contributed by atoms with Crippen LogP contribution in [0, 0.1) is 11.3 Å². The molecule has 3 aliphatic carbocycles. The van der Waals surface area contributed by atoms with E-state index >= 15 is 0 Å². The normalized spacial score (nSPS) is 22.3. The first kappa shape index (κ1) is 29.8. The van der Waals surface area contributed by atoms with Crippen LogP contribution in [0.15, 0.2) is 185 Å². The summed E-state index contributed by atoms with van der Waals surface area (Å²) in [5.41, 5.74) is 9.23. The second kappa shape index (κ2) is 11.7. The van der Waals surface area contributed by atoms with Crippen LogP contribution in [0.3, 0.4) is 0 Å². The fourth-order valence-electron chi connectivity index (χ4n) is 8.50. The molecule has 1 aromatic heterocycles. The zero-order valence-corrected chi connectivity index (χ0v) is 28.4. The number of nitrogens with one attached hydrogen (secondary N) is 1. The molecule has 6 aromatic rings. The van der Waals surface area contributed by atoms with Gasteiger partial charge < -0.3 is 5.32 Å². The third-order valence-corrected chi connectivity index (χ3v) is 11.1. The van der Waals surface area contributed by atoms with Gasteiger partial charge in [-0.1, -0.05) is 140 Å². The molecule has 0 amide bonds. The summed E-state index contributed by atoms with van der Waals surface area (Å²) in [5, 5.41) is 9.90. The van der Waals surface area contributed by atoms with Crippen molar-refractivity contribution in [1.29, 1.82) is 0 Å². The lowest BCUT2D eigenvalue weighted by Gasteiger charge is -2.44. The molecule has 0 fully saturated rings. The van der Waals surface area contributed by atoms with Crippen LogP contribution in [-0.4, -0.2) is 16.7 Å². The lowest BCUT2D eigenvalue weighted by atomic mass is 9.61. The molecular formula is C47H36N4. The first-order valence-electron chi connectivity index (χ1n) is 17.9. The number of amidine groups is 2. The lowest BCUT2D eigenvalue weighted by Crippen LogP contribution is -2.41. The molecule has 2 heterocycles. The number of rotatable bonds is 4.